The first kappa shape index (κ1) is 30.2. The lowest BCUT2D eigenvalue weighted by Crippen LogP contribution is -2.30. The van der Waals surface area contributed by atoms with Crippen LogP contribution in [0.5, 0.6) is 11.9 Å². The standard InChI is InChI=1S/C28H41N5O5Si/c1-9-21(22-15-29-24(14-20(22)4)38-17-28(5,6)26(34)35)10-11-23-25-30-27(37-16-19(2)3)33(31-25)18-36-12-13-39(7,8)32-23/h9-11,14-15,19H,12-13,16-18H2,1-8H3,(H,34,35)/b11-10-,21-9+,32-23?. The highest BCUT2D eigenvalue weighted by Gasteiger charge is 2.28. The Morgan fingerprint density at radius 1 is 1.31 bits per heavy atom. The molecule has 2 bridgehead atoms. The number of carbonyl (C=O) groups is 1. The predicted molar refractivity (Wildman–Crippen MR) is 154 cm³/mol. The number of ether oxygens (including phenoxy) is 3. The van der Waals surface area contributed by atoms with E-state index in [0.29, 0.717) is 42.6 Å². The number of aryl methyl sites for hydroxylation is 1. The molecule has 0 saturated heterocycles. The molecule has 0 saturated carbocycles. The van der Waals surface area contributed by atoms with Gasteiger partial charge in [-0.2, -0.15) is 9.67 Å². The first-order valence-corrected chi connectivity index (χ1v) is 16.4. The van der Waals surface area contributed by atoms with E-state index in [-0.39, 0.29) is 13.3 Å². The molecule has 0 spiro atoms. The van der Waals surface area contributed by atoms with Crippen molar-refractivity contribution in [1.82, 2.24) is 19.7 Å². The van der Waals surface area contributed by atoms with Crippen molar-refractivity contribution in [2.45, 2.75) is 67.4 Å². The molecule has 2 aromatic rings. The molecular weight excluding hydrogens is 514 g/mol. The van der Waals surface area contributed by atoms with Gasteiger partial charge in [-0.3, -0.25) is 4.79 Å². The Bertz CT molecular complexity index is 1260. The van der Waals surface area contributed by atoms with Crippen molar-refractivity contribution in [1.29, 1.82) is 0 Å². The van der Waals surface area contributed by atoms with Gasteiger partial charge in [-0.05, 0) is 70.0 Å². The van der Waals surface area contributed by atoms with Gasteiger partial charge in [0.05, 0.1) is 17.7 Å². The molecule has 212 valence electrons. The molecule has 0 aliphatic carbocycles. The molecule has 3 rings (SSSR count). The fraction of sp³-hybridized carbons (Fsp3) is 0.536. The summed E-state index contributed by atoms with van der Waals surface area (Å²) in [6.45, 7) is 17.2. The minimum absolute atomic E-state index is 0.0254. The van der Waals surface area contributed by atoms with Gasteiger partial charge in [0.15, 0.2) is 8.24 Å². The van der Waals surface area contributed by atoms with Crippen molar-refractivity contribution in [3.63, 3.8) is 0 Å². The zero-order valence-electron chi connectivity index (χ0n) is 24.3. The largest absolute Gasteiger partial charge is 0.481 e. The highest BCUT2D eigenvalue weighted by Crippen LogP contribution is 2.25. The van der Waals surface area contributed by atoms with Crippen molar-refractivity contribution in [3.05, 3.63) is 47.4 Å². The van der Waals surface area contributed by atoms with Crippen LogP contribution in [0.2, 0.25) is 19.1 Å². The lowest BCUT2D eigenvalue weighted by molar-refractivity contribution is -0.148. The van der Waals surface area contributed by atoms with Crippen LogP contribution in [0, 0.1) is 18.3 Å². The van der Waals surface area contributed by atoms with E-state index in [1.807, 2.05) is 38.1 Å². The second kappa shape index (κ2) is 12.7. The Hall–Kier alpha value is -3.31. The summed E-state index contributed by atoms with van der Waals surface area (Å²) in [6, 6.07) is 3.13. The molecule has 10 nitrogen and oxygen atoms in total. The van der Waals surface area contributed by atoms with E-state index in [1.165, 1.54) is 0 Å². The maximum atomic E-state index is 11.4. The second-order valence-electron chi connectivity index (χ2n) is 11.4. The number of aromatic nitrogens is 4. The Labute approximate surface area is 231 Å². The maximum Gasteiger partial charge on any atom is 0.317 e. The fourth-order valence-corrected chi connectivity index (χ4v) is 5.21. The number of nitrogens with zero attached hydrogens (tertiary/aromatic N) is 5. The van der Waals surface area contributed by atoms with Crippen LogP contribution in [-0.2, 0) is 16.3 Å². The number of hydrogen-bond acceptors (Lipinski definition) is 8. The summed E-state index contributed by atoms with van der Waals surface area (Å²) >= 11 is 0. The number of fused-ring (bicyclic) bond motifs is 2. The monoisotopic (exact) mass is 555 g/mol. The Morgan fingerprint density at radius 2 is 2.05 bits per heavy atom. The highest BCUT2D eigenvalue weighted by atomic mass is 28.3. The van der Waals surface area contributed by atoms with Crippen LogP contribution in [0.4, 0.5) is 0 Å². The van der Waals surface area contributed by atoms with Crippen molar-refractivity contribution in [2.24, 2.45) is 16.0 Å². The third kappa shape index (κ3) is 8.33. The van der Waals surface area contributed by atoms with E-state index in [2.05, 4.69) is 42.0 Å². The Kier molecular flexibility index (Phi) is 9.84. The van der Waals surface area contributed by atoms with E-state index in [4.69, 9.17) is 18.9 Å². The quantitative estimate of drug-likeness (QED) is 0.316. The SMILES string of the molecule is C/C=C(\C=C/C1=N[Si](C)(C)CCOCn2nc1nc2OCC(C)C)c1cnc(OCC(C)(C)C(=O)O)cc1C. The molecule has 2 aromatic heterocycles. The van der Waals surface area contributed by atoms with Crippen LogP contribution < -0.4 is 9.47 Å². The lowest BCUT2D eigenvalue weighted by atomic mass is 9.95. The molecule has 0 unspecified atom stereocenters. The molecule has 0 atom stereocenters. The molecule has 0 amide bonds. The number of hydrogen-bond donors (Lipinski definition) is 1. The molecule has 0 radical (unpaired) electrons. The van der Waals surface area contributed by atoms with Gasteiger partial charge in [-0.1, -0.05) is 26.0 Å². The van der Waals surface area contributed by atoms with E-state index in [1.54, 1.807) is 24.7 Å². The predicted octanol–water partition coefficient (Wildman–Crippen LogP) is 5.15. The molecule has 0 aromatic carbocycles. The van der Waals surface area contributed by atoms with Crippen molar-refractivity contribution >= 4 is 25.5 Å². The molecule has 0 fully saturated rings. The maximum absolute atomic E-state index is 11.4. The Balaban J connectivity index is 1.89. The zero-order chi connectivity index (χ0) is 28.8. The minimum Gasteiger partial charge on any atom is -0.481 e. The summed E-state index contributed by atoms with van der Waals surface area (Å²) in [5, 5.41) is 14.0. The van der Waals surface area contributed by atoms with Crippen molar-refractivity contribution in [2.75, 3.05) is 19.8 Å². The van der Waals surface area contributed by atoms with Gasteiger partial charge >= 0.3 is 12.0 Å². The first-order chi connectivity index (χ1) is 18.3. The number of carboxylic acid groups (broad SMARTS) is 1. The normalized spacial score (nSPS) is 16.3. The molecule has 3 heterocycles. The van der Waals surface area contributed by atoms with Gasteiger partial charge in [0, 0.05) is 24.4 Å². The van der Waals surface area contributed by atoms with Crippen LogP contribution in [0.15, 0.2) is 35.1 Å². The zero-order valence-corrected chi connectivity index (χ0v) is 25.3. The van der Waals surface area contributed by atoms with E-state index < -0.39 is 19.6 Å². The van der Waals surface area contributed by atoms with Gasteiger partial charge in [0.25, 0.3) is 0 Å². The van der Waals surface area contributed by atoms with Crippen LogP contribution in [0.1, 0.15) is 51.6 Å². The molecule has 11 heteroatoms. The summed E-state index contributed by atoms with van der Waals surface area (Å²) in [6.07, 6.45) is 7.71. The average molecular weight is 556 g/mol. The van der Waals surface area contributed by atoms with Crippen LogP contribution >= 0.6 is 0 Å². The topological polar surface area (TPSA) is 121 Å². The first-order valence-electron chi connectivity index (χ1n) is 13.2. The lowest BCUT2D eigenvalue weighted by Gasteiger charge is -2.19. The van der Waals surface area contributed by atoms with Crippen molar-refractivity contribution in [3.8, 4) is 11.9 Å². The molecule has 1 aliphatic heterocycles. The summed E-state index contributed by atoms with van der Waals surface area (Å²) in [4.78, 5) is 20.5. The van der Waals surface area contributed by atoms with Gasteiger partial charge in [0.2, 0.25) is 11.7 Å². The third-order valence-electron chi connectivity index (χ3n) is 6.20. The number of aliphatic carboxylic acids is 1. The van der Waals surface area contributed by atoms with E-state index in [9.17, 15) is 9.90 Å². The molecule has 39 heavy (non-hydrogen) atoms. The average Bonchev–Trinajstić information content (AvgIpc) is 3.26. The minimum atomic E-state index is -1.99. The van der Waals surface area contributed by atoms with Gasteiger partial charge in [-0.25, -0.2) is 4.98 Å². The van der Waals surface area contributed by atoms with Crippen LogP contribution in [-0.4, -0.2) is 64.6 Å². The van der Waals surface area contributed by atoms with E-state index >= 15 is 0 Å². The van der Waals surface area contributed by atoms with E-state index in [0.717, 1.165) is 22.7 Å². The van der Waals surface area contributed by atoms with Crippen LogP contribution in [0.25, 0.3) is 5.57 Å². The van der Waals surface area contributed by atoms with Gasteiger partial charge in [0.1, 0.15) is 13.3 Å². The molecule has 1 aliphatic rings. The summed E-state index contributed by atoms with van der Waals surface area (Å²) in [5.41, 5.74) is 2.55. The summed E-state index contributed by atoms with van der Waals surface area (Å²) < 4.78 is 24.2. The molecular formula is C28H41N5O5Si. The van der Waals surface area contributed by atoms with Crippen LogP contribution in [0.3, 0.4) is 0 Å². The number of carboxylic acids is 1. The van der Waals surface area contributed by atoms with Gasteiger partial charge in [-0.15, -0.1) is 5.10 Å². The fourth-order valence-electron chi connectivity index (χ4n) is 3.62. The summed E-state index contributed by atoms with van der Waals surface area (Å²) in [7, 11) is -1.99. The number of allylic oxidation sites excluding steroid dienone is 4. The third-order valence-corrected chi connectivity index (χ3v) is 8.47. The molecule has 1 N–H and O–H groups in total. The number of rotatable bonds is 10. The Morgan fingerprint density at radius 3 is 2.69 bits per heavy atom. The van der Waals surface area contributed by atoms with Gasteiger partial charge < -0.3 is 24.0 Å². The summed E-state index contributed by atoms with van der Waals surface area (Å²) in [5.74, 6) is 0.327. The highest BCUT2D eigenvalue weighted by molar-refractivity contribution is 6.77. The second-order valence-corrected chi connectivity index (χ2v) is 15.8. The smallest absolute Gasteiger partial charge is 0.317 e. The van der Waals surface area contributed by atoms with Crippen molar-refractivity contribution < 1.29 is 24.1 Å². The number of pyridine rings is 1.